The molecule has 0 spiro atoms. The van der Waals surface area contributed by atoms with Crippen molar-refractivity contribution in [3.63, 3.8) is 0 Å². The number of sulfonamides is 1. The van der Waals surface area contributed by atoms with Crippen LogP contribution in [0.5, 0.6) is 0 Å². The van der Waals surface area contributed by atoms with Crippen LogP contribution in [0.15, 0.2) is 48.5 Å². The largest absolute Gasteiger partial charge is 0.465 e. The Labute approximate surface area is 152 Å². The van der Waals surface area contributed by atoms with E-state index in [1.807, 2.05) is 19.1 Å². The van der Waals surface area contributed by atoms with Crippen LogP contribution in [0.4, 0.5) is 11.4 Å². The first-order chi connectivity index (χ1) is 12.2. The number of amides is 1. The second kappa shape index (κ2) is 8.01. The zero-order valence-corrected chi connectivity index (χ0v) is 15.5. The molecule has 0 aliphatic carbocycles. The van der Waals surface area contributed by atoms with Gasteiger partial charge < -0.3 is 10.1 Å². The van der Waals surface area contributed by atoms with E-state index < -0.39 is 28.4 Å². The van der Waals surface area contributed by atoms with Gasteiger partial charge in [0.05, 0.1) is 24.6 Å². The Kier molecular flexibility index (Phi) is 5.99. The fraction of sp³-hybridized carbons (Fsp3) is 0.222. The molecule has 2 aromatic rings. The Bertz CT molecular complexity index is 925. The van der Waals surface area contributed by atoms with Gasteiger partial charge in [-0.05, 0) is 30.7 Å². The van der Waals surface area contributed by atoms with Crippen molar-refractivity contribution in [1.82, 2.24) is 0 Å². The van der Waals surface area contributed by atoms with Gasteiger partial charge in [0.15, 0.2) is 0 Å². The summed E-state index contributed by atoms with van der Waals surface area (Å²) in [6, 6.07) is 13.2. The van der Waals surface area contributed by atoms with Crippen LogP contribution in [0.1, 0.15) is 15.9 Å². The van der Waals surface area contributed by atoms with Crippen molar-refractivity contribution in [1.29, 1.82) is 0 Å². The lowest BCUT2D eigenvalue weighted by Gasteiger charge is -2.23. The van der Waals surface area contributed by atoms with Gasteiger partial charge in [0.2, 0.25) is 15.9 Å². The summed E-state index contributed by atoms with van der Waals surface area (Å²) < 4.78 is 30.1. The van der Waals surface area contributed by atoms with E-state index in [9.17, 15) is 18.0 Å². The third kappa shape index (κ3) is 4.60. The Morgan fingerprint density at radius 3 is 2.31 bits per heavy atom. The molecule has 138 valence electrons. The zero-order valence-electron chi connectivity index (χ0n) is 14.7. The highest BCUT2D eigenvalue weighted by atomic mass is 32.2. The van der Waals surface area contributed by atoms with Crippen LogP contribution in [0, 0.1) is 6.92 Å². The Balaban J connectivity index is 2.34. The van der Waals surface area contributed by atoms with Gasteiger partial charge in [0.1, 0.15) is 6.54 Å². The number of methoxy groups -OCH3 is 1. The van der Waals surface area contributed by atoms with Crippen LogP contribution in [0.3, 0.4) is 0 Å². The van der Waals surface area contributed by atoms with Gasteiger partial charge in [0, 0.05) is 5.69 Å². The van der Waals surface area contributed by atoms with Crippen molar-refractivity contribution >= 4 is 33.3 Å². The molecule has 2 aromatic carbocycles. The fourth-order valence-corrected chi connectivity index (χ4v) is 3.26. The molecule has 0 heterocycles. The second-order valence-corrected chi connectivity index (χ2v) is 7.55. The minimum absolute atomic E-state index is 0.0594. The summed E-state index contributed by atoms with van der Waals surface area (Å²) in [4.78, 5) is 24.4. The van der Waals surface area contributed by atoms with Crippen LogP contribution < -0.4 is 9.62 Å². The van der Waals surface area contributed by atoms with Gasteiger partial charge in [-0.1, -0.05) is 30.3 Å². The molecule has 0 radical (unpaired) electrons. The maximum atomic E-state index is 12.4. The molecule has 1 N–H and O–H groups in total. The number of hydrogen-bond acceptors (Lipinski definition) is 5. The number of carbonyl (C=O) groups excluding carboxylic acids is 2. The number of nitrogens with one attached hydrogen (secondary N) is 1. The average Bonchev–Trinajstić information content (AvgIpc) is 2.60. The topological polar surface area (TPSA) is 92.8 Å². The number of esters is 1. The third-order valence-electron chi connectivity index (χ3n) is 3.68. The normalized spacial score (nSPS) is 10.9. The summed E-state index contributed by atoms with van der Waals surface area (Å²) in [5.41, 5.74) is 1.58. The molecule has 0 fully saturated rings. The maximum Gasteiger partial charge on any atom is 0.340 e. The minimum atomic E-state index is -3.81. The smallest absolute Gasteiger partial charge is 0.340 e. The molecule has 0 aliphatic heterocycles. The predicted octanol–water partition coefficient (Wildman–Crippen LogP) is 2.19. The molecule has 8 heteroatoms. The first kappa shape index (κ1) is 19.5. The molecular weight excluding hydrogens is 356 g/mol. The highest BCUT2D eigenvalue weighted by molar-refractivity contribution is 7.92. The monoisotopic (exact) mass is 376 g/mol. The fourth-order valence-electron chi connectivity index (χ4n) is 2.39. The van der Waals surface area contributed by atoms with E-state index in [-0.39, 0.29) is 11.3 Å². The summed E-state index contributed by atoms with van der Waals surface area (Å²) in [5.74, 6) is -1.21. The van der Waals surface area contributed by atoms with E-state index in [0.717, 1.165) is 16.1 Å². The number of hydrogen-bond donors (Lipinski definition) is 1. The van der Waals surface area contributed by atoms with Crippen LogP contribution >= 0.6 is 0 Å². The molecule has 0 saturated carbocycles. The molecule has 7 nitrogen and oxygen atoms in total. The maximum absolute atomic E-state index is 12.4. The molecule has 0 bridgehead atoms. The quantitative estimate of drug-likeness (QED) is 0.780. The molecule has 0 aromatic heterocycles. The van der Waals surface area contributed by atoms with Crippen molar-refractivity contribution in [2.24, 2.45) is 0 Å². The molecule has 2 rings (SSSR count). The molecule has 0 saturated heterocycles. The van der Waals surface area contributed by atoms with Gasteiger partial charge in [-0.25, -0.2) is 13.2 Å². The number of anilines is 2. The predicted molar refractivity (Wildman–Crippen MR) is 99.8 cm³/mol. The van der Waals surface area contributed by atoms with Crippen LogP contribution in [-0.4, -0.2) is 40.2 Å². The van der Waals surface area contributed by atoms with Crippen molar-refractivity contribution in [2.75, 3.05) is 29.5 Å². The van der Waals surface area contributed by atoms with Crippen molar-refractivity contribution in [3.8, 4) is 0 Å². The Morgan fingerprint density at radius 1 is 1.08 bits per heavy atom. The molecular formula is C18H20N2O5S. The van der Waals surface area contributed by atoms with Crippen molar-refractivity contribution in [3.05, 3.63) is 59.7 Å². The molecule has 0 aliphatic rings. The van der Waals surface area contributed by atoms with E-state index >= 15 is 0 Å². The van der Waals surface area contributed by atoms with Crippen LogP contribution in [0.25, 0.3) is 0 Å². The zero-order chi connectivity index (χ0) is 19.3. The molecule has 0 unspecified atom stereocenters. The van der Waals surface area contributed by atoms with E-state index in [1.54, 1.807) is 24.3 Å². The highest BCUT2D eigenvalue weighted by Gasteiger charge is 2.25. The number of nitrogens with zero attached hydrogens (tertiary/aromatic N) is 1. The lowest BCUT2D eigenvalue weighted by Crippen LogP contribution is -2.38. The minimum Gasteiger partial charge on any atom is -0.465 e. The van der Waals surface area contributed by atoms with Crippen LogP contribution in [-0.2, 0) is 19.6 Å². The van der Waals surface area contributed by atoms with Crippen LogP contribution in [0.2, 0.25) is 0 Å². The Hall–Kier alpha value is -2.87. The van der Waals surface area contributed by atoms with Crippen molar-refractivity contribution < 1.29 is 22.7 Å². The first-order valence-electron chi connectivity index (χ1n) is 7.74. The van der Waals surface area contributed by atoms with Gasteiger partial charge in [-0.2, -0.15) is 0 Å². The Morgan fingerprint density at radius 2 is 1.69 bits per heavy atom. The second-order valence-electron chi connectivity index (χ2n) is 5.64. The lowest BCUT2D eigenvalue weighted by atomic mass is 10.1. The average molecular weight is 376 g/mol. The van der Waals surface area contributed by atoms with Gasteiger partial charge >= 0.3 is 5.97 Å². The number of rotatable bonds is 6. The van der Waals surface area contributed by atoms with E-state index in [1.165, 1.54) is 19.2 Å². The molecule has 1 amide bonds. The standard InChI is InChI=1S/C18H20N2O5S/c1-13-8-4-6-10-15(13)19-17(21)12-20(26(3,23)24)16-11-7-5-9-14(16)18(22)25-2/h4-11H,12H2,1-3H3,(H,19,21). The number of para-hydroxylation sites is 2. The van der Waals surface area contributed by atoms with Gasteiger partial charge in [0.25, 0.3) is 0 Å². The summed E-state index contributed by atoms with van der Waals surface area (Å²) >= 11 is 0. The van der Waals surface area contributed by atoms with E-state index in [0.29, 0.717) is 5.69 Å². The van der Waals surface area contributed by atoms with E-state index in [4.69, 9.17) is 4.74 Å². The highest BCUT2D eigenvalue weighted by Crippen LogP contribution is 2.24. The first-order valence-corrected chi connectivity index (χ1v) is 9.59. The number of ether oxygens (including phenoxy) is 1. The summed E-state index contributed by atoms with van der Waals surface area (Å²) in [5, 5.41) is 2.68. The van der Waals surface area contributed by atoms with Gasteiger partial charge in [-0.15, -0.1) is 0 Å². The molecule has 26 heavy (non-hydrogen) atoms. The SMILES string of the molecule is COC(=O)c1ccccc1N(CC(=O)Nc1ccccc1C)S(C)(=O)=O. The number of benzene rings is 2. The molecule has 0 atom stereocenters. The third-order valence-corrected chi connectivity index (χ3v) is 4.81. The summed E-state index contributed by atoms with van der Waals surface area (Å²) in [6.07, 6.45) is 0.974. The number of carbonyl (C=O) groups is 2. The number of aryl methyl sites for hydroxylation is 1. The van der Waals surface area contributed by atoms with Gasteiger partial charge in [-0.3, -0.25) is 9.10 Å². The lowest BCUT2D eigenvalue weighted by molar-refractivity contribution is -0.114. The van der Waals surface area contributed by atoms with Crippen molar-refractivity contribution in [2.45, 2.75) is 6.92 Å². The summed E-state index contributed by atoms with van der Waals surface area (Å²) in [7, 11) is -2.61. The summed E-state index contributed by atoms with van der Waals surface area (Å²) in [6.45, 7) is 1.36. The van der Waals surface area contributed by atoms with E-state index in [2.05, 4.69) is 5.32 Å².